The molecule has 0 radical (unpaired) electrons. The lowest BCUT2D eigenvalue weighted by atomic mass is 9.76. The Morgan fingerprint density at radius 1 is 1.20 bits per heavy atom. The van der Waals surface area contributed by atoms with Crippen molar-refractivity contribution in [1.82, 2.24) is 5.32 Å². The van der Waals surface area contributed by atoms with Gasteiger partial charge in [-0.25, -0.2) is 0 Å². The van der Waals surface area contributed by atoms with Crippen molar-refractivity contribution in [2.45, 2.75) is 52.0 Å². The van der Waals surface area contributed by atoms with Gasteiger partial charge in [0.1, 0.15) is 0 Å². The molecule has 0 saturated heterocycles. The Labute approximate surface area is 94.1 Å². The minimum absolute atomic E-state index is 0.165. The molecule has 86 valence electrons. The number of nitrogens with zero attached hydrogens (tertiary/aromatic N) is 1. The molecule has 0 spiro atoms. The van der Waals surface area contributed by atoms with Gasteiger partial charge in [-0.2, -0.15) is 5.26 Å². The van der Waals surface area contributed by atoms with Crippen LogP contribution >= 0.6 is 0 Å². The Kier molecular flexibility index (Phi) is 5.11. The highest BCUT2D eigenvalue weighted by molar-refractivity contribution is 4.97. The fraction of sp³-hybridized carbons (Fsp3) is 0.923. The summed E-state index contributed by atoms with van der Waals surface area (Å²) in [6.07, 6.45) is 6.68. The molecule has 2 atom stereocenters. The van der Waals surface area contributed by atoms with Crippen molar-refractivity contribution >= 4 is 0 Å². The van der Waals surface area contributed by atoms with Crippen LogP contribution < -0.4 is 5.32 Å². The first-order chi connectivity index (χ1) is 7.20. The van der Waals surface area contributed by atoms with E-state index < -0.39 is 0 Å². The summed E-state index contributed by atoms with van der Waals surface area (Å²) >= 11 is 0. The van der Waals surface area contributed by atoms with E-state index in [1.807, 2.05) is 7.05 Å². The third kappa shape index (κ3) is 3.21. The van der Waals surface area contributed by atoms with Crippen LogP contribution in [0.25, 0.3) is 0 Å². The monoisotopic (exact) mass is 208 g/mol. The predicted molar refractivity (Wildman–Crippen MR) is 63.4 cm³/mol. The van der Waals surface area contributed by atoms with Crippen LogP contribution in [0.15, 0.2) is 0 Å². The molecular formula is C13H24N2. The van der Waals surface area contributed by atoms with Gasteiger partial charge >= 0.3 is 0 Å². The van der Waals surface area contributed by atoms with Crippen LogP contribution in [0.3, 0.4) is 0 Å². The van der Waals surface area contributed by atoms with Crippen molar-refractivity contribution in [1.29, 1.82) is 5.26 Å². The maximum Gasteiger partial charge on any atom is 0.0675 e. The highest BCUT2D eigenvalue weighted by atomic mass is 14.9. The molecule has 0 aliphatic heterocycles. The molecule has 0 aromatic rings. The van der Waals surface area contributed by atoms with Gasteiger partial charge in [-0.1, -0.05) is 33.1 Å². The van der Waals surface area contributed by atoms with Crippen molar-refractivity contribution in [2.24, 2.45) is 17.8 Å². The lowest BCUT2D eigenvalue weighted by molar-refractivity contribution is 0.213. The van der Waals surface area contributed by atoms with Crippen LogP contribution in [-0.4, -0.2) is 13.1 Å². The van der Waals surface area contributed by atoms with Gasteiger partial charge in [0.15, 0.2) is 0 Å². The molecule has 1 aliphatic carbocycles. The quantitative estimate of drug-likeness (QED) is 0.771. The van der Waals surface area contributed by atoms with Gasteiger partial charge in [-0.3, -0.25) is 0 Å². The third-order valence-electron chi connectivity index (χ3n) is 3.75. The second kappa shape index (κ2) is 6.12. The molecule has 1 rings (SSSR count). The molecule has 15 heavy (non-hydrogen) atoms. The summed E-state index contributed by atoms with van der Waals surface area (Å²) in [5, 5.41) is 12.6. The highest BCUT2D eigenvalue weighted by Crippen LogP contribution is 2.31. The second-order valence-corrected chi connectivity index (χ2v) is 5.11. The molecule has 0 amide bonds. The van der Waals surface area contributed by atoms with Gasteiger partial charge in [0.05, 0.1) is 12.0 Å². The maximum absolute atomic E-state index is 9.24. The van der Waals surface area contributed by atoms with E-state index in [9.17, 15) is 5.26 Å². The Bertz CT molecular complexity index is 211. The number of rotatable bonds is 4. The van der Waals surface area contributed by atoms with Crippen molar-refractivity contribution in [3.05, 3.63) is 0 Å². The summed E-state index contributed by atoms with van der Waals surface area (Å²) in [5.41, 5.74) is 0. The lowest BCUT2D eigenvalue weighted by Crippen LogP contribution is -2.42. The first-order valence-corrected chi connectivity index (χ1v) is 6.27. The predicted octanol–water partition coefficient (Wildman–Crippen LogP) is 2.95. The molecule has 1 aliphatic rings. The summed E-state index contributed by atoms with van der Waals surface area (Å²) in [4.78, 5) is 0. The Morgan fingerprint density at radius 3 is 2.20 bits per heavy atom. The third-order valence-corrected chi connectivity index (χ3v) is 3.75. The van der Waals surface area contributed by atoms with Crippen molar-refractivity contribution < 1.29 is 0 Å². The zero-order chi connectivity index (χ0) is 11.3. The van der Waals surface area contributed by atoms with E-state index in [0.717, 1.165) is 5.92 Å². The summed E-state index contributed by atoms with van der Waals surface area (Å²) in [6, 6.07) is 2.89. The summed E-state index contributed by atoms with van der Waals surface area (Å²) in [7, 11) is 2.01. The van der Waals surface area contributed by atoms with E-state index in [0.29, 0.717) is 12.0 Å². The van der Waals surface area contributed by atoms with Crippen molar-refractivity contribution in [2.75, 3.05) is 7.05 Å². The molecule has 1 N–H and O–H groups in total. The smallest absolute Gasteiger partial charge is 0.0675 e. The Hall–Kier alpha value is -0.550. The minimum Gasteiger partial charge on any atom is -0.315 e. The standard InChI is InChI=1S/C13H24N2/c1-10(2)12(9-14)13(15-3)11-7-5-4-6-8-11/h10-13,15H,4-8H2,1-3H3. The molecule has 1 saturated carbocycles. The fourth-order valence-electron chi connectivity index (χ4n) is 2.85. The largest absolute Gasteiger partial charge is 0.315 e. The molecule has 0 aromatic carbocycles. The number of hydrogen-bond acceptors (Lipinski definition) is 2. The Balaban J connectivity index is 2.63. The average Bonchev–Trinajstić information content (AvgIpc) is 2.26. The maximum atomic E-state index is 9.24. The van der Waals surface area contributed by atoms with Gasteiger partial charge < -0.3 is 5.32 Å². The van der Waals surface area contributed by atoms with E-state index in [-0.39, 0.29) is 5.92 Å². The highest BCUT2D eigenvalue weighted by Gasteiger charge is 2.30. The fourth-order valence-corrected chi connectivity index (χ4v) is 2.85. The van der Waals surface area contributed by atoms with Crippen LogP contribution in [0.5, 0.6) is 0 Å². The van der Waals surface area contributed by atoms with E-state index >= 15 is 0 Å². The van der Waals surface area contributed by atoms with E-state index in [1.54, 1.807) is 0 Å². The molecule has 0 bridgehead atoms. The van der Waals surface area contributed by atoms with E-state index in [2.05, 4.69) is 25.2 Å². The lowest BCUT2D eigenvalue weighted by Gasteiger charge is -2.34. The van der Waals surface area contributed by atoms with Crippen LogP contribution in [0.1, 0.15) is 46.0 Å². The number of hydrogen-bond donors (Lipinski definition) is 1. The van der Waals surface area contributed by atoms with Gasteiger partial charge in [0, 0.05) is 6.04 Å². The summed E-state index contributed by atoms with van der Waals surface area (Å²) in [6.45, 7) is 4.31. The van der Waals surface area contributed by atoms with Gasteiger partial charge in [-0.15, -0.1) is 0 Å². The zero-order valence-electron chi connectivity index (χ0n) is 10.3. The molecular weight excluding hydrogens is 184 g/mol. The van der Waals surface area contributed by atoms with Gasteiger partial charge in [0.2, 0.25) is 0 Å². The molecule has 0 aromatic heterocycles. The Morgan fingerprint density at radius 2 is 1.80 bits per heavy atom. The average molecular weight is 208 g/mol. The van der Waals surface area contributed by atoms with E-state index in [1.165, 1.54) is 32.1 Å². The summed E-state index contributed by atoms with van der Waals surface area (Å²) in [5.74, 6) is 1.34. The number of nitrogens with one attached hydrogen (secondary N) is 1. The molecule has 1 fully saturated rings. The first kappa shape index (κ1) is 12.5. The molecule has 2 heteroatoms. The second-order valence-electron chi connectivity index (χ2n) is 5.11. The van der Waals surface area contributed by atoms with Gasteiger partial charge in [0.25, 0.3) is 0 Å². The van der Waals surface area contributed by atoms with Crippen LogP contribution in [0.4, 0.5) is 0 Å². The number of nitriles is 1. The van der Waals surface area contributed by atoms with Crippen LogP contribution in [-0.2, 0) is 0 Å². The van der Waals surface area contributed by atoms with E-state index in [4.69, 9.17) is 0 Å². The zero-order valence-corrected chi connectivity index (χ0v) is 10.3. The van der Waals surface area contributed by atoms with Gasteiger partial charge in [-0.05, 0) is 31.7 Å². The van der Waals surface area contributed by atoms with Crippen molar-refractivity contribution in [3.63, 3.8) is 0 Å². The normalized spacial score (nSPS) is 22.3. The van der Waals surface area contributed by atoms with Crippen LogP contribution in [0.2, 0.25) is 0 Å². The molecule has 2 nitrogen and oxygen atoms in total. The molecule has 2 unspecified atom stereocenters. The van der Waals surface area contributed by atoms with Crippen LogP contribution in [0, 0.1) is 29.1 Å². The first-order valence-electron chi connectivity index (χ1n) is 6.27. The van der Waals surface area contributed by atoms with Crippen molar-refractivity contribution in [3.8, 4) is 6.07 Å². The molecule has 0 heterocycles. The SMILES string of the molecule is CNC(C1CCCCC1)C(C#N)C(C)C. The minimum atomic E-state index is 0.165. The topological polar surface area (TPSA) is 35.8 Å². The summed E-state index contributed by atoms with van der Waals surface area (Å²) < 4.78 is 0.